The summed E-state index contributed by atoms with van der Waals surface area (Å²) in [4.78, 5) is 0. The third kappa shape index (κ3) is 54.7. The fourth-order valence-corrected chi connectivity index (χ4v) is 0. The van der Waals surface area contributed by atoms with Crippen LogP contribution in [0.25, 0.3) is 0 Å². The van der Waals surface area contributed by atoms with Gasteiger partial charge in [0.25, 0.3) is 0 Å². The molecular weight excluding hydrogens is 348 g/mol. The first-order valence-corrected chi connectivity index (χ1v) is 3.00. The third-order valence-electron chi connectivity index (χ3n) is 0. The van der Waals surface area contributed by atoms with Crippen LogP contribution >= 0.6 is 0 Å². The molecule has 0 radical (unpaired) electrons. The molecule has 0 aromatic carbocycles. The van der Waals surface area contributed by atoms with E-state index in [1.165, 1.54) is 0 Å². The second kappa shape index (κ2) is 6.75. The SMILES string of the molecule is O=S(=O)([O-])[S-].[Au+].[K+]. The predicted molar refractivity (Wildman–Crippen MR) is 17.1 cm³/mol. The van der Waals surface area contributed by atoms with Crippen molar-refractivity contribution in [1.29, 1.82) is 0 Å². The first-order chi connectivity index (χ1) is 2.00. The van der Waals surface area contributed by atoms with Gasteiger partial charge in [-0.3, -0.25) is 8.42 Å². The molecule has 0 saturated carbocycles. The number of hydrogen-bond donors (Lipinski definition) is 0. The van der Waals surface area contributed by atoms with Gasteiger partial charge in [0.05, 0.1) is 0 Å². The molecule has 0 fully saturated rings. The molecule has 7 heteroatoms. The Hall–Kier alpha value is 2.64. The maximum absolute atomic E-state index is 8.89. The van der Waals surface area contributed by atoms with E-state index in [0.29, 0.717) is 0 Å². The predicted octanol–water partition coefficient (Wildman–Crippen LogP) is -4.00. The molecule has 0 N–H and O–H groups in total. The Kier molecular flexibility index (Phi) is 15.7. The quantitative estimate of drug-likeness (QED) is 0.194. The fourth-order valence-electron chi connectivity index (χ4n) is 0. The van der Waals surface area contributed by atoms with Crippen LogP contribution in [-0.4, -0.2) is 13.0 Å². The van der Waals surface area contributed by atoms with Gasteiger partial charge in [-0.25, -0.2) is 0 Å². The van der Waals surface area contributed by atoms with Gasteiger partial charge < -0.3 is 16.2 Å². The largest absolute Gasteiger partial charge is 1.00 e. The summed E-state index contributed by atoms with van der Waals surface area (Å²) in [6.07, 6.45) is 0. The van der Waals surface area contributed by atoms with E-state index >= 15 is 0 Å². The van der Waals surface area contributed by atoms with Gasteiger partial charge in [0, 0.05) is 0 Å². The molecule has 42 valence electrons. The molecule has 0 spiro atoms. The van der Waals surface area contributed by atoms with Crippen LogP contribution in [0.2, 0.25) is 0 Å². The minimum Gasteiger partial charge on any atom is -0.768 e. The maximum Gasteiger partial charge on any atom is 1.00 e. The van der Waals surface area contributed by atoms with Crippen LogP contribution in [0.4, 0.5) is 0 Å². The monoisotopic (exact) mass is 348 g/mol. The maximum atomic E-state index is 8.89. The van der Waals surface area contributed by atoms with Gasteiger partial charge in [-0.1, -0.05) is 0 Å². The first kappa shape index (κ1) is 16.3. The minimum absolute atomic E-state index is 0. The van der Waals surface area contributed by atoms with Crippen LogP contribution in [0.3, 0.4) is 0 Å². The van der Waals surface area contributed by atoms with Crippen LogP contribution in [0.15, 0.2) is 0 Å². The van der Waals surface area contributed by atoms with E-state index in [9.17, 15) is 0 Å². The zero-order valence-electron chi connectivity index (χ0n) is 3.34. The van der Waals surface area contributed by atoms with Gasteiger partial charge in [-0.05, 0) is 9.15 Å². The normalized spacial score (nSPS) is 8.29. The van der Waals surface area contributed by atoms with Gasteiger partial charge in [0.15, 0.2) is 0 Å². The molecule has 0 unspecified atom stereocenters. The molecule has 0 atom stereocenters. The van der Waals surface area contributed by atoms with Gasteiger partial charge in [0.1, 0.15) is 0 Å². The van der Waals surface area contributed by atoms with Gasteiger partial charge in [0.2, 0.25) is 0 Å². The zero-order chi connectivity index (χ0) is 4.50. The van der Waals surface area contributed by atoms with Crippen molar-refractivity contribution in [2.45, 2.75) is 0 Å². The molecule has 0 saturated heterocycles. The van der Waals surface area contributed by atoms with E-state index in [-0.39, 0.29) is 73.8 Å². The van der Waals surface area contributed by atoms with Crippen molar-refractivity contribution < 1.29 is 86.7 Å². The van der Waals surface area contributed by atoms with Crippen molar-refractivity contribution in [2.24, 2.45) is 0 Å². The number of rotatable bonds is 0. The van der Waals surface area contributed by atoms with Crippen LogP contribution in [-0.2, 0) is 43.2 Å². The van der Waals surface area contributed by atoms with Gasteiger partial charge in [-0.15, -0.1) is 0 Å². The smallest absolute Gasteiger partial charge is 0.768 e. The molecule has 0 aliphatic rings. The van der Waals surface area contributed by atoms with E-state index in [1.54, 1.807) is 0 Å². The van der Waals surface area contributed by atoms with Crippen molar-refractivity contribution in [1.82, 2.24) is 0 Å². The molecule has 0 aliphatic heterocycles. The van der Waals surface area contributed by atoms with Crippen molar-refractivity contribution in [2.75, 3.05) is 0 Å². The Bertz CT molecular complexity index is 96.1. The molecule has 0 aromatic rings. The average Bonchev–Trinajstić information content (AvgIpc) is 0.722. The van der Waals surface area contributed by atoms with E-state index < -0.39 is 9.15 Å². The van der Waals surface area contributed by atoms with Gasteiger partial charge in [-0.2, -0.15) is 0 Å². The summed E-state index contributed by atoms with van der Waals surface area (Å²) in [5.41, 5.74) is 0. The van der Waals surface area contributed by atoms with Crippen molar-refractivity contribution in [3.05, 3.63) is 0 Å². The summed E-state index contributed by atoms with van der Waals surface area (Å²) in [5, 5.41) is 0. The van der Waals surface area contributed by atoms with Crippen LogP contribution in [0, 0.1) is 0 Å². The molecule has 0 bridgehead atoms. The van der Waals surface area contributed by atoms with Gasteiger partial charge >= 0.3 is 73.8 Å². The standard InChI is InChI=1S/Au.K.H2O3S2/c;;1-5(2,3)4/h;;(H2,1,2,3,4)/q2*+1;/p-2. The zero-order valence-corrected chi connectivity index (χ0v) is 10.3. The average molecular weight is 348 g/mol. The molecule has 0 aromatic heterocycles. The Morgan fingerprint density at radius 2 is 1.43 bits per heavy atom. The van der Waals surface area contributed by atoms with Crippen molar-refractivity contribution in [3.63, 3.8) is 0 Å². The van der Waals surface area contributed by atoms with Crippen molar-refractivity contribution in [3.8, 4) is 0 Å². The molecule has 0 rings (SSSR count). The first-order valence-electron chi connectivity index (χ1n) is 0.667. The van der Waals surface area contributed by atoms with Crippen LogP contribution in [0.1, 0.15) is 0 Å². The molecular formula is AuKO3S2. The Morgan fingerprint density at radius 1 is 1.43 bits per heavy atom. The molecule has 0 aliphatic carbocycles. The Morgan fingerprint density at radius 3 is 1.43 bits per heavy atom. The fraction of sp³-hybridized carbons (Fsp3) is 0. The summed E-state index contributed by atoms with van der Waals surface area (Å²) in [5.74, 6) is 0. The Labute approximate surface area is 105 Å². The number of hydrogen-bond acceptors (Lipinski definition) is 4. The summed E-state index contributed by atoms with van der Waals surface area (Å²) in [6, 6.07) is 0. The molecule has 7 heavy (non-hydrogen) atoms. The second-order valence-electron chi connectivity index (χ2n) is 0.408. The third-order valence-corrected chi connectivity index (χ3v) is 0. The molecule has 0 amide bonds. The Balaban J connectivity index is -0.0000000800. The van der Waals surface area contributed by atoms with E-state index in [0.717, 1.165) is 0 Å². The topological polar surface area (TPSA) is 57.2 Å². The summed E-state index contributed by atoms with van der Waals surface area (Å²) in [6.45, 7) is 0. The van der Waals surface area contributed by atoms with E-state index in [1.807, 2.05) is 0 Å². The van der Waals surface area contributed by atoms with E-state index in [2.05, 4.69) is 11.7 Å². The summed E-state index contributed by atoms with van der Waals surface area (Å²) in [7, 11) is -4.33. The van der Waals surface area contributed by atoms with E-state index in [4.69, 9.17) is 13.0 Å². The van der Waals surface area contributed by atoms with Crippen LogP contribution in [0.5, 0.6) is 0 Å². The minimum atomic E-state index is -4.33. The summed E-state index contributed by atoms with van der Waals surface area (Å²) < 4.78 is 26.7. The molecule has 3 nitrogen and oxygen atoms in total. The molecule has 0 heterocycles. The summed E-state index contributed by atoms with van der Waals surface area (Å²) >= 11 is 3.24. The van der Waals surface area contributed by atoms with Crippen molar-refractivity contribution >= 4 is 20.8 Å². The second-order valence-corrected chi connectivity index (χ2v) is 2.45. The van der Waals surface area contributed by atoms with Crippen LogP contribution < -0.4 is 51.4 Å².